The van der Waals surface area contributed by atoms with Gasteiger partial charge in [-0.05, 0) is 0 Å². The summed E-state index contributed by atoms with van der Waals surface area (Å²) in [5.74, 6) is -1.50. The van der Waals surface area contributed by atoms with E-state index in [1.807, 2.05) is 0 Å². The van der Waals surface area contributed by atoms with E-state index in [1.165, 1.54) is 0 Å². The fourth-order valence-corrected chi connectivity index (χ4v) is 1.52. The summed E-state index contributed by atoms with van der Waals surface area (Å²) in [5.41, 5.74) is 4.22. The Kier molecular flexibility index (Phi) is 3.57. The van der Waals surface area contributed by atoms with Gasteiger partial charge in [0.25, 0.3) is 6.43 Å². The number of alkyl halides is 3. The van der Waals surface area contributed by atoms with Crippen LogP contribution in [-0.4, -0.2) is 16.1 Å². The van der Waals surface area contributed by atoms with E-state index in [0.717, 1.165) is 6.20 Å². The molecule has 0 bridgehead atoms. The molecular weight excluding hydrogens is 274 g/mol. The van der Waals surface area contributed by atoms with E-state index in [-0.39, 0.29) is 11.0 Å². The van der Waals surface area contributed by atoms with Crippen molar-refractivity contribution in [1.29, 1.82) is 0 Å². The first kappa shape index (κ1) is 11.8. The van der Waals surface area contributed by atoms with Gasteiger partial charge >= 0.3 is 5.97 Å². The number of carboxylic acid groups (broad SMARTS) is 1. The molecule has 4 nitrogen and oxygen atoms in total. The molecular formula is C8H7BrF2N2O2. The van der Waals surface area contributed by atoms with E-state index in [1.54, 1.807) is 0 Å². The zero-order valence-corrected chi connectivity index (χ0v) is 8.96. The molecule has 7 heteroatoms. The van der Waals surface area contributed by atoms with Crippen LogP contribution in [0.15, 0.2) is 6.20 Å². The Bertz CT molecular complexity index is 398. The van der Waals surface area contributed by atoms with Gasteiger partial charge in [-0.15, -0.1) is 0 Å². The molecule has 1 rings (SSSR count). The summed E-state index contributed by atoms with van der Waals surface area (Å²) >= 11 is 3.05. The van der Waals surface area contributed by atoms with Crippen LogP contribution in [0.5, 0.6) is 0 Å². The quantitative estimate of drug-likeness (QED) is 0.833. The molecule has 0 radical (unpaired) electrons. The van der Waals surface area contributed by atoms with Crippen LogP contribution < -0.4 is 5.73 Å². The van der Waals surface area contributed by atoms with Crippen LogP contribution in [0.4, 0.5) is 14.5 Å². The predicted octanol–water partition coefficient (Wildman–Crippen LogP) is 2.19. The van der Waals surface area contributed by atoms with Gasteiger partial charge in [0.1, 0.15) is 11.3 Å². The monoisotopic (exact) mass is 280 g/mol. The molecule has 15 heavy (non-hydrogen) atoms. The van der Waals surface area contributed by atoms with Crippen LogP contribution in [0.1, 0.15) is 28.0 Å². The van der Waals surface area contributed by atoms with E-state index in [0.29, 0.717) is 5.56 Å². The molecule has 0 unspecified atom stereocenters. The van der Waals surface area contributed by atoms with Crippen molar-refractivity contribution in [2.45, 2.75) is 11.8 Å². The number of hydrogen-bond donors (Lipinski definition) is 2. The van der Waals surface area contributed by atoms with Gasteiger partial charge in [0.05, 0.1) is 5.69 Å². The maximum Gasteiger partial charge on any atom is 0.339 e. The van der Waals surface area contributed by atoms with Crippen molar-refractivity contribution >= 4 is 27.6 Å². The van der Waals surface area contributed by atoms with Crippen LogP contribution in [0.25, 0.3) is 0 Å². The normalized spacial score (nSPS) is 10.7. The van der Waals surface area contributed by atoms with Crippen molar-refractivity contribution in [3.63, 3.8) is 0 Å². The highest BCUT2D eigenvalue weighted by Gasteiger charge is 2.23. The Balaban J connectivity index is 3.44. The molecule has 0 amide bonds. The lowest BCUT2D eigenvalue weighted by Gasteiger charge is -2.09. The standard InChI is InChI=1S/C8H7BrF2N2O2/c9-1-3-2-13-6(7(10)11)4(5(3)12)8(14)15/h2,7H,1H2,(H2,12,13)(H,14,15). The number of nitrogen functional groups attached to an aromatic ring is 1. The summed E-state index contributed by atoms with van der Waals surface area (Å²) < 4.78 is 24.8. The van der Waals surface area contributed by atoms with Crippen LogP contribution in [0.2, 0.25) is 0 Å². The largest absolute Gasteiger partial charge is 0.478 e. The van der Waals surface area contributed by atoms with E-state index in [9.17, 15) is 13.6 Å². The van der Waals surface area contributed by atoms with Gasteiger partial charge in [0, 0.05) is 17.1 Å². The maximum absolute atomic E-state index is 12.4. The SMILES string of the molecule is Nc1c(CBr)cnc(C(F)F)c1C(=O)O. The number of nitrogens with two attached hydrogens (primary N) is 1. The predicted molar refractivity (Wildman–Crippen MR) is 53.2 cm³/mol. The molecule has 1 heterocycles. The van der Waals surface area contributed by atoms with Gasteiger partial charge in [-0.25, -0.2) is 13.6 Å². The van der Waals surface area contributed by atoms with Crippen molar-refractivity contribution in [2.75, 3.05) is 5.73 Å². The van der Waals surface area contributed by atoms with E-state index in [4.69, 9.17) is 10.8 Å². The smallest absolute Gasteiger partial charge is 0.339 e. The third-order valence-corrected chi connectivity index (χ3v) is 2.40. The molecule has 0 aliphatic carbocycles. The molecule has 0 aliphatic heterocycles. The molecule has 0 saturated carbocycles. The number of aromatic nitrogens is 1. The Morgan fingerprint density at radius 3 is 2.67 bits per heavy atom. The van der Waals surface area contributed by atoms with Gasteiger partial charge in [0.15, 0.2) is 0 Å². The minimum Gasteiger partial charge on any atom is -0.478 e. The van der Waals surface area contributed by atoms with Gasteiger partial charge in [0.2, 0.25) is 0 Å². The van der Waals surface area contributed by atoms with Gasteiger partial charge in [-0.3, -0.25) is 4.98 Å². The lowest BCUT2D eigenvalue weighted by molar-refractivity contribution is 0.0683. The van der Waals surface area contributed by atoms with E-state index >= 15 is 0 Å². The first-order valence-electron chi connectivity index (χ1n) is 3.83. The molecule has 0 atom stereocenters. The van der Waals surface area contributed by atoms with Crippen molar-refractivity contribution in [3.8, 4) is 0 Å². The summed E-state index contributed by atoms with van der Waals surface area (Å²) in [6.45, 7) is 0. The lowest BCUT2D eigenvalue weighted by atomic mass is 10.1. The number of carbonyl (C=O) groups is 1. The Labute approximate surface area is 92.2 Å². The number of rotatable bonds is 3. The summed E-state index contributed by atoms with van der Waals surface area (Å²) in [5, 5.41) is 9.01. The third-order valence-electron chi connectivity index (χ3n) is 1.80. The van der Waals surface area contributed by atoms with E-state index < -0.39 is 23.7 Å². The fraction of sp³-hybridized carbons (Fsp3) is 0.250. The Morgan fingerprint density at radius 2 is 2.27 bits per heavy atom. The van der Waals surface area contributed by atoms with Crippen LogP contribution >= 0.6 is 15.9 Å². The topological polar surface area (TPSA) is 76.2 Å². The van der Waals surface area contributed by atoms with Crippen molar-refractivity contribution < 1.29 is 18.7 Å². The molecule has 0 spiro atoms. The number of aromatic carboxylic acids is 1. The minimum atomic E-state index is -2.96. The van der Waals surface area contributed by atoms with Gasteiger partial charge in [-0.1, -0.05) is 15.9 Å². The second-order valence-electron chi connectivity index (χ2n) is 2.70. The molecule has 1 aromatic heterocycles. The van der Waals surface area contributed by atoms with Crippen molar-refractivity contribution in [2.24, 2.45) is 0 Å². The molecule has 1 aromatic rings. The number of carboxylic acids is 1. The summed E-state index contributed by atoms with van der Waals surface area (Å²) in [6, 6.07) is 0. The van der Waals surface area contributed by atoms with Crippen LogP contribution in [0, 0.1) is 0 Å². The number of anilines is 1. The zero-order chi connectivity index (χ0) is 11.6. The van der Waals surface area contributed by atoms with Crippen LogP contribution in [-0.2, 0) is 5.33 Å². The molecule has 0 saturated heterocycles. The first-order chi connectivity index (χ1) is 6.99. The maximum atomic E-state index is 12.4. The number of halogens is 3. The van der Waals surface area contributed by atoms with E-state index in [2.05, 4.69) is 20.9 Å². The minimum absolute atomic E-state index is 0.176. The first-order valence-corrected chi connectivity index (χ1v) is 4.95. The Morgan fingerprint density at radius 1 is 1.67 bits per heavy atom. The third kappa shape index (κ3) is 2.23. The lowest BCUT2D eigenvalue weighted by Crippen LogP contribution is -2.11. The van der Waals surface area contributed by atoms with Crippen LogP contribution in [0.3, 0.4) is 0 Å². The summed E-state index contributed by atoms with van der Waals surface area (Å²) in [6.07, 6.45) is -1.82. The van der Waals surface area contributed by atoms with Gasteiger partial charge in [-0.2, -0.15) is 0 Å². The Hall–Kier alpha value is -1.24. The average molecular weight is 281 g/mol. The average Bonchev–Trinajstić information content (AvgIpc) is 2.16. The second kappa shape index (κ2) is 4.52. The second-order valence-corrected chi connectivity index (χ2v) is 3.26. The van der Waals surface area contributed by atoms with Gasteiger partial charge < -0.3 is 10.8 Å². The molecule has 0 aliphatic rings. The summed E-state index contributed by atoms with van der Waals surface area (Å²) in [7, 11) is 0. The molecule has 0 aromatic carbocycles. The number of pyridine rings is 1. The molecule has 3 N–H and O–H groups in total. The summed E-state index contributed by atoms with van der Waals surface area (Å²) in [4.78, 5) is 14.1. The molecule has 0 fully saturated rings. The highest BCUT2D eigenvalue weighted by Crippen LogP contribution is 2.28. The zero-order valence-electron chi connectivity index (χ0n) is 7.38. The molecule has 82 valence electrons. The number of nitrogens with zero attached hydrogens (tertiary/aromatic N) is 1. The van der Waals surface area contributed by atoms with Crippen molar-refractivity contribution in [1.82, 2.24) is 4.98 Å². The highest BCUT2D eigenvalue weighted by atomic mass is 79.9. The highest BCUT2D eigenvalue weighted by molar-refractivity contribution is 9.08. The van der Waals surface area contributed by atoms with Crippen molar-refractivity contribution in [3.05, 3.63) is 23.0 Å². The number of hydrogen-bond acceptors (Lipinski definition) is 3. The fourth-order valence-electron chi connectivity index (χ4n) is 1.08.